The van der Waals surface area contributed by atoms with E-state index >= 15 is 0 Å². The topological polar surface area (TPSA) is 71.5 Å². The first-order valence-electron chi connectivity index (χ1n) is 14.1. The van der Waals surface area contributed by atoms with E-state index in [1.54, 1.807) is 30.3 Å². The van der Waals surface area contributed by atoms with E-state index in [4.69, 9.17) is 0 Å². The van der Waals surface area contributed by atoms with Gasteiger partial charge < -0.3 is 4.90 Å². The highest BCUT2D eigenvalue weighted by molar-refractivity contribution is 8.10. The zero-order valence-corrected chi connectivity index (χ0v) is 24.3. The maximum Gasteiger partial charge on any atom is 0.198 e. The lowest BCUT2D eigenvalue weighted by molar-refractivity contribution is 0.250. The predicted molar refractivity (Wildman–Crippen MR) is 163 cm³/mol. The molecule has 3 aliphatic rings. The Morgan fingerprint density at radius 1 is 0.675 bits per heavy atom. The van der Waals surface area contributed by atoms with Crippen LogP contribution < -0.4 is 0 Å². The van der Waals surface area contributed by atoms with E-state index in [1.807, 2.05) is 0 Å². The molecule has 0 N–H and O–H groups in total. The Bertz CT molecular complexity index is 1590. The van der Waals surface area contributed by atoms with Gasteiger partial charge in [-0.05, 0) is 72.0 Å². The Balaban J connectivity index is 1.22. The van der Waals surface area contributed by atoms with Crippen molar-refractivity contribution in [2.24, 2.45) is 0 Å². The second kappa shape index (κ2) is 10.8. The summed E-state index contributed by atoms with van der Waals surface area (Å²) in [6.07, 6.45) is 7.04. The minimum atomic E-state index is -3.85. The van der Waals surface area contributed by atoms with E-state index in [1.165, 1.54) is 33.4 Å². The van der Waals surface area contributed by atoms with Crippen LogP contribution >= 0.6 is 0 Å². The van der Waals surface area contributed by atoms with E-state index in [0.717, 1.165) is 25.9 Å². The summed E-state index contributed by atoms with van der Waals surface area (Å²) in [5, 5.41) is 0. The lowest BCUT2D eigenvalue weighted by Gasteiger charge is -2.37. The van der Waals surface area contributed by atoms with Gasteiger partial charge in [0.1, 0.15) is 0 Å². The van der Waals surface area contributed by atoms with E-state index < -0.39 is 23.8 Å². The molecule has 3 aromatic carbocycles. The van der Waals surface area contributed by atoms with Gasteiger partial charge in [-0.25, -0.2) is 16.8 Å². The molecule has 6 rings (SSSR count). The van der Waals surface area contributed by atoms with Gasteiger partial charge in [-0.2, -0.15) is 0 Å². The van der Waals surface area contributed by atoms with Crippen molar-refractivity contribution in [1.29, 1.82) is 0 Å². The summed E-state index contributed by atoms with van der Waals surface area (Å²) >= 11 is 0. The molecule has 2 saturated heterocycles. The number of hydrogen-bond acceptors (Lipinski definition) is 5. The molecule has 0 spiro atoms. The largest absolute Gasteiger partial charge is 0.303 e. The number of benzene rings is 3. The molecule has 5 nitrogen and oxygen atoms in total. The Morgan fingerprint density at radius 3 is 1.77 bits per heavy atom. The summed E-state index contributed by atoms with van der Waals surface area (Å²) in [6.45, 7) is 2.42. The van der Waals surface area contributed by atoms with Gasteiger partial charge in [0.15, 0.2) is 23.8 Å². The smallest absolute Gasteiger partial charge is 0.198 e. The maximum absolute atomic E-state index is 13.4. The molecule has 0 unspecified atom stereocenters. The van der Waals surface area contributed by atoms with Crippen LogP contribution in [-0.4, -0.2) is 52.9 Å². The van der Waals surface area contributed by atoms with Crippen LogP contribution in [0.5, 0.6) is 0 Å². The van der Waals surface area contributed by atoms with Crippen molar-refractivity contribution >= 4 is 37.4 Å². The van der Waals surface area contributed by atoms with Gasteiger partial charge in [0.05, 0.1) is 11.5 Å². The fourth-order valence-corrected chi connectivity index (χ4v) is 12.6. The average Bonchev–Trinajstić information content (AvgIpc) is 3.12. The number of rotatable bonds is 5. The molecule has 2 fully saturated rings. The van der Waals surface area contributed by atoms with Crippen LogP contribution in [0.4, 0.5) is 0 Å². The second-order valence-corrected chi connectivity index (χ2v) is 16.0. The van der Waals surface area contributed by atoms with E-state index in [9.17, 15) is 16.8 Å². The van der Waals surface area contributed by atoms with Crippen LogP contribution in [0, 0.1) is 0 Å². The third-order valence-electron chi connectivity index (χ3n) is 8.74. The van der Waals surface area contributed by atoms with Gasteiger partial charge in [0, 0.05) is 13.1 Å². The zero-order valence-electron chi connectivity index (χ0n) is 22.6. The first-order chi connectivity index (χ1) is 19.3. The summed E-state index contributed by atoms with van der Waals surface area (Å²) in [5.74, 6) is -0.168. The van der Waals surface area contributed by atoms with E-state index in [2.05, 4.69) is 65.6 Å². The van der Waals surface area contributed by atoms with Gasteiger partial charge >= 0.3 is 0 Å². The fraction of sp³-hybridized carbons (Fsp3) is 0.333. The molecule has 0 atom stereocenters. The molecule has 0 aromatic heterocycles. The van der Waals surface area contributed by atoms with Crippen molar-refractivity contribution < 1.29 is 16.8 Å². The van der Waals surface area contributed by atoms with Gasteiger partial charge in [-0.15, -0.1) is 0 Å². The molecular weight excluding hydrogens is 539 g/mol. The molecule has 0 amide bonds. The highest BCUT2D eigenvalue weighted by Gasteiger charge is 2.57. The first-order valence-corrected chi connectivity index (χ1v) is 17.4. The number of nitrogens with zero attached hydrogens (tertiary/aromatic N) is 1. The number of sulfone groups is 2. The number of likely N-dealkylation sites (tertiary alicyclic amines) is 1. The number of fused-ring (bicyclic) bond motifs is 2. The molecule has 2 aliphatic heterocycles. The van der Waals surface area contributed by atoms with Crippen molar-refractivity contribution in [3.05, 3.63) is 112 Å². The predicted octanol–water partition coefficient (Wildman–Crippen LogP) is 5.93. The monoisotopic (exact) mass is 573 g/mol. The zero-order chi connectivity index (χ0) is 27.8. The molecule has 0 saturated carbocycles. The maximum atomic E-state index is 13.4. The summed E-state index contributed by atoms with van der Waals surface area (Å²) in [7, 11) is -7.70. The first kappa shape index (κ1) is 27.2. The average molecular weight is 574 g/mol. The van der Waals surface area contributed by atoms with Gasteiger partial charge in [0.2, 0.25) is 0 Å². The minimum absolute atomic E-state index is 0.0838. The summed E-state index contributed by atoms with van der Waals surface area (Å²) in [5.41, 5.74) is 8.15. The van der Waals surface area contributed by atoms with Crippen molar-refractivity contribution in [1.82, 2.24) is 4.90 Å². The van der Waals surface area contributed by atoms with Crippen LogP contribution in [0.25, 0.3) is 17.7 Å². The van der Waals surface area contributed by atoms with Crippen molar-refractivity contribution in [3.63, 3.8) is 0 Å². The normalized spacial score (nSPS) is 21.3. The van der Waals surface area contributed by atoms with Gasteiger partial charge in [-0.3, -0.25) is 0 Å². The molecule has 40 heavy (non-hydrogen) atoms. The Labute approximate surface area is 238 Å². The Kier molecular flexibility index (Phi) is 7.32. The van der Waals surface area contributed by atoms with E-state index in [-0.39, 0.29) is 24.3 Å². The van der Waals surface area contributed by atoms with Crippen LogP contribution in [0.2, 0.25) is 0 Å². The highest BCUT2D eigenvalue weighted by Crippen LogP contribution is 2.45. The third-order valence-corrected chi connectivity index (χ3v) is 14.8. The molecule has 0 radical (unpaired) electrons. The van der Waals surface area contributed by atoms with Crippen LogP contribution in [0.15, 0.2) is 84.4 Å². The molecule has 208 valence electrons. The van der Waals surface area contributed by atoms with E-state index in [0.29, 0.717) is 18.5 Å². The molecule has 2 heterocycles. The summed E-state index contributed by atoms with van der Waals surface area (Å²) in [4.78, 5) is 2.36. The molecule has 7 heteroatoms. The summed E-state index contributed by atoms with van der Waals surface area (Å²) in [6, 6.07) is 25.7. The SMILES string of the molecule is O=S1(=O)CCCS(=O)(=O)C1(CCCN1CCC(=C2c3ccccc3C=Cc3ccccc32)CC1)c1ccccc1. The Morgan fingerprint density at radius 2 is 1.20 bits per heavy atom. The molecule has 1 aliphatic carbocycles. The highest BCUT2D eigenvalue weighted by atomic mass is 32.3. The summed E-state index contributed by atoms with van der Waals surface area (Å²) < 4.78 is 51.9. The lowest BCUT2D eigenvalue weighted by atomic mass is 9.86. The van der Waals surface area contributed by atoms with Crippen LogP contribution in [0.1, 0.15) is 59.9 Å². The number of hydrogen-bond donors (Lipinski definition) is 0. The fourth-order valence-electron chi connectivity index (χ4n) is 6.75. The Hall–Kier alpha value is -3.00. The minimum Gasteiger partial charge on any atom is -0.303 e. The van der Waals surface area contributed by atoms with Crippen LogP contribution in [-0.2, 0) is 23.8 Å². The molecular formula is C33H35NO4S2. The third kappa shape index (κ3) is 4.68. The lowest BCUT2D eigenvalue weighted by Crippen LogP contribution is -2.50. The van der Waals surface area contributed by atoms with Gasteiger partial charge in [0.25, 0.3) is 0 Å². The van der Waals surface area contributed by atoms with Gasteiger partial charge in [-0.1, -0.05) is 96.6 Å². The van der Waals surface area contributed by atoms with Crippen LogP contribution in [0.3, 0.4) is 0 Å². The van der Waals surface area contributed by atoms with Crippen molar-refractivity contribution in [3.8, 4) is 0 Å². The number of piperidine rings is 1. The second-order valence-electron chi connectivity index (χ2n) is 11.0. The molecule has 3 aromatic rings. The van der Waals surface area contributed by atoms with Crippen molar-refractivity contribution in [2.45, 2.75) is 36.2 Å². The quantitative estimate of drug-likeness (QED) is 0.296. The van der Waals surface area contributed by atoms with Crippen molar-refractivity contribution in [2.75, 3.05) is 31.1 Å². The standard InChI is InChI=1S/C33H35NO4S2/c35-39(36)24-9-25-40(37,38)33(39,29-12-2-1-3-13-29)20-8-21-34-22-18-28(19-23-34)32-30-14-6-4-10-26(30)16-17-27-11-5-7-15-31(27)32/h1-7,10-17H,8-9,18-25H2. The molecule has 0 bridgehead atoms.